The first-order valence-electron chi connectivity index (χ1n) is 9.62. The number of ether oxygens (including phenoxy) is 1. The number of halogens is 1. The van der Waals surface area contributed by atoms with Crippen LogP contribution >= 0.6 is 11.6 Å². The van der Waals surface area contributed by atoms with Crippen molar-refractivity contribution in [1.82, 2.24) is 20.4 Å². The number of nitrogens with zero attached hydrogens (tertiary/aromatic N) is 3. The summed E-state index contributed by atoms with van der Waals surface area (Å²) in [4.78, 5) is 32.1. The molecule has 3 unspecified atom stereocenters. The summed E-state index contributed by atoms with van der Waals surface area (Å²) in [6.45, 7) is 2.82. The lowest BCUT2D eigenvalue weighted by atomic mass is 10.1. The predicted octanol–water partition coefficient (Wildman–Crippen LogP) is 1.02. The summed E-state index contributed by atoms with van der Waals surface area (Å²) in [6.07, 6.45) is 0.469. The molecule has 0 bridgehead atoms. The summed E-state index contributed by atoms with van der Waals surface area (Å²) in [5.74, 6) is 0.663. The Kier molecular flexibility index (Phi) is 6.81. The van der Waals surface area contributed by atoms with E-state index in [1.165, 1.54) is 4.90 Å². The second kappa shape index (κ2) is 9.32. The monoisotopic (exact) mass is 423 g/mol. The van der Waals surface area contributed by atoms with Crippen LogP contribution in [0, 0.1) is 0 Å². The third kappa shape index (κ3) is 4.91. The Balaban J connectivity index is 1.70. The molecule has 0 saturated carbocycles. The number of benzene rings is 1. The van der Waals surface area contributed by atoms with Gasteiger partial charge in [-0.1, -0.05) is 24.9 Å². The normalized spacial score (nSPS) is 23.7. The van der Waals surface area contributed by atoms with Crippen LogP contribution in [0.3, 0.4) is 0 Å². The van der Waals surface area contributed by atoms with Crippen molar-refractivity contribution in [2.45, 2.75) is 38.1 Å². The first kappa shape index (κ1) is 21.2. The molecule has 3 amide bonds. The molecule has 2 fully saturated rings. The number of unbranched alkanes of at least 4 members (excludes halogenated alkanes) is 1. The number of urea groups is 1. The molecular formula is C19H26ClN5O4. The first-order valence-corrected chi connectivity index (χ1v) is 10.00. The van der Waals surface area contributed by atoms with Crippen molar-refractivity contribution in [3.63, 3.8) is 0 Å². The minimum absolute atomic E-state index is 0.0359. The van der Waals surface area contributed by atoms with Crippen LogP contribution in [-0.2, 0) is 4.79 Å². The van der Waals surface area contributed by atoms with Gasteiger partial charge in [-0.2, -0.15) is 0 Å². The number of fused-ring (bicyclic) bond motifs is 1. The second-order valence-electron chi connectivity index (χ2n) is 7.07. The number of hydrogen-bond donors (Lipinski definition) is 3. The minimum Gasteiger partial charge on any atom is -0.491 e. The van der Waals surface area contributed by atoms with Gasteiger partial charge >= 0.3 is 6.03 Å². The summed E-state index contributed by atoms with van der Waals surface area (Å²) < 4.78 is 5.61. The summed E-state index contributed by atoms with van der Waals surface area (Å²) in [5.41, 5.74) is 0. The Labute approximate surface area is 174 Å². The smallest absolute Gasteiger partial charge is 0.325 e. The molecule has 1 aromatic rings. The van der Waals surface area contributed by atoms with E-state index < -0.39 is 30.2 Å². The van der Waals surface area contributed by atoms with Crippen molar-refractivity contribution in [2.75, 3.05) is 26.7 Å². The number of β-amino-alcohol motifs (C(OH)–C–C–N with tert-alkyl or cyclic N) is 1. The Morgan fingerprint density at radius 2 is 2.03 bits per heavy atom. The fourth-order valence-corrected chi connectivity index (χ4v) is 3.39. The van der Waals surface area contributed by atoms with Crippen LogP contribution < -0.4 is 15.4 Å². The average molecular weight is 424 g/mol. The Morgan fingerprint density at radius 3 is 2.72 bits per heavy atom. The van der Waals surface area contributed by atoms with Crippen LogP contribution in [-0.4, -0.2) is 77.9 Å². The van der Waals surface area contributed by atoms with Gasteiger partial charge < -0.3 is 25.0 Å². The molecule has 3 atom stereocenters. The highest BCUT2D eigenvalue weighted by Gasteiger charge is 2.50. The molecule has 3 rings (SSSR count). The molecule has 1 aromatic carbocycles. The van der Waals surface area contributed by atoms with E-state index in [4.69, 9.17) is 16.3 Å². The van der Waals surface area contributed by atoms with E-state index in [0.717, 1.165) is 12.8 Å². The van der Waals surface area contributed by atoms with Crippen molar-refractivity contribution in [3.05, 3.63) is 29.3 Å². The van der Waals surface area contributed by atoms with Crippen LogP contribution in [0.5, 0.6) is 5.75 Å². The fourth-order valence-electron chi connectivity index (χ4n) is 3.27. The SMILES string of the molecule is CCCCN=C1NC2C(C(=O)NC(=O)N2C)N1CC(O)COc1ccc(Cl)cc1. The molecule has 29 heavy (non-hydrogen) atoms. The number of carbonyl (C=O) groups excluding carboxylic acids is 2. The molecule has 158 valence electrons. The number of carbonyl (C=O) groups is 2. The lowest BCUT2D eigenvalue weighted by Crippen LogP contribution is -2.65. The van der Waals surface area contributed by atoms with Crippen LogP contribution in [0.15, 0.2) is 29.3 Å². The van der Waals surface area contributed by atoms with Gasteiger partial charge in [0.05, 0.1) is 6.54 Å². The van der Waals surface area contributed by atoms with Crippen molar-refractivity contribution < 1.29 is 19.4 Å². The predicted molar refractivity (Wildman–Crippen MR) is 109 cm³/mol. The molecule has 2 aliphatic heterocycles. The Hall–Kier alpha value is -2.52. The van der Waals surface area contributed by atoms with E-state index in [0.29, 0.717) is 23.3 Å². The fraction of sp³-hybridized carbons (Fsp3) is 0.526. The molecule has 2 aliphatic rings. The maximum Gasteiger partial charge on any atom is 0.325 e. The number of aliphatic hydroxyl groups is 1. The summed E-state index contributed by atoms with van der Waals surface area (Å²) in [7, 11) is 1.61. The molecule has 3 N–H and O–H groups in total. The van der Waals surface area contributed by atoms with Crippen LogP contribution in [0.2, 0.25) is 5.02 Å². The number of imide groups is 1. The van der Waals surface area contributed by atoms with Gasteiger partial charge in [-0.25, -0.2) is 4.79 Å². The standard InChI is InChI=1S/C19H26ClN5O4/c1-3-4-9-21-18-22-16-15(17(27)23-19(28)24(16)2)25(18)10-13(26)11-29-14-7-5-12(20)6-8-14/h5-8,13,15-16,26H,3-4,9-11H2,1-2H3,(H,21,22)(H,23,27,28). The molecule has 2 heterocycles. The van der Waals surface area contributed by atoms with Crippen LogP contribution in [0.25, 0.3) is 0 Å². The van der Waals surface area contributed by atoms with Gasteiger partial charge in [0, 0.05) is 18.6 Å². The lowest BCUT2D eigenvalue weighted by molar-refractivity contribution is -0.127. The van der Waals surface area contributed by atoms with E-state index in [9.17, 15) is 14.7 Å². The number of nitrogens with one attached hydrogen (secondary N) is 2. The molecule has 0 radical (unpaired) electrons. The molecule has 0 aromatic heterocycles. The molecule has 10 heteroatoms. The number of aliphatic imine (C=N–C) groups is 1. The largest absolute Gasteiger partial charge is 0.491 e. The van der Waals surface area contributed by atoms with Gasteiger partial charge in [0.15, 0.2) is 12.0 Å². The Bertz CT molecular complexity index is 772. The number of rotatable bonds is 8. The van der Waals surface area contributed by atoms with Gasteiger partial charge in [0.2, 0.25) is 0 Å². The molecule has 9 nitrogen and oxygen atoms in total. The van der Waals surface area contributed by atoms with Crippen molar-refractivity contribution in [1.29, 1.82) is 0 Å². The highest BCUT2D eigenvalue weighted by Crippen LogP contribution is 2.21. The zero-order chi connectivity index (χ0) is 21.0. The van der Waals surface area contributed by atoms with E-state index in [1.807, 2.05) is 0 Å². The highest BCUT2D eigenvalue weighted by molar-refractivity contribution is 6.30. The van der Waals surface area contributed by atoms with Gasteiger partial charge in [0.1, 0.15) is 24.6 Å². The number of hydrogen-bond acceptors (Lipinski definition) is 5. The summed E-state index contributed by atoms with van der Waals surface area (Å²) in [5, 5.41) is 16.6. The average Bonchev–Trinajstić information content (AvgIpc) is 3.05. The van der Waals surface area contributed by atoms with Gasteiger partial charge in [-0.05, 0) is 30.7 Å². The zero-order valence-corrected chi connectivity index (χ0v) is 17.2. The van der Waals surface area contributed by atoms with E-state index >= 15 is 0 Å². The quantitative estimate of drug-likeness (QED) is 0.539. The van der Waals surface area contributed by atoms with Crippen LogP contribution in [0.1, 0.15) is 19.8 Å². The Morgan fingerprint density at radius 1 is 1.31 bits per heavy atom. The van der Waals surface area contributed by atoms with Crippen molar-refractivity contribution >= 4 is 29.5 Å². The number of aliphatic hydroxyl groups excluding tert-OH is 1. The third-order valence-electron chi connectivity index (χ3n) is 4.86. The van der Waals surface area contributed by atoms with E-state index in [2.05, 4.69) is 22.5 Å². The number of amides is 3. The molecule has 2 saturated heterocycles. The second-order valence-corrected chi connectivity index (χ2v) is 7.51. The maximum atomic E-state index is 12.5. The van der Waals surface area contributed by atoms with Gasteiger partial charge in [0.25, 0.3) is 5.91 Å². The lowest BCUT2D eigenvalue weighted by Gasteiger charge is -2.35. The van der Waals surface area contributed by atoms with Gasteiger partial charge in [-0.3, -0.25) is 15.1 Å². The topological polar surface area (TPSA) is 106 Å². The summed E-state index contributed by atoms with van der Waals surface area (Å²) in [6, 6.07) is 5.70. The molecule has 0 spiro atoms. The highest BCUT2D eigenvalue weighted by atomic mass is 35.5. The van der Waals surface area contributed by atoms with Crippen molar-refractivity contribution in [3.8, 4) is 5.75 Å². The summed E-state index contributed by atoms with van der Waals surface area (Å²) >= 11 is 5.86. The van der Waals surface area contributed by atoms with E-state index in [1.54, 1.807) is 36.2 Å². The molecule has 0 aliphatic carbocycles. The van der Waals surface area contributed by atoms with Gasteiger partial charge in [-0.15, -0.1) is 0 Å². The maximum absolute atomic E-state index is 12.5. The van der Waals surface area contributed by atoms with Crippen LogP contribution in [0.4, 0.5) is 4.79 Å². The van der Waals surface area contributed by atoms with Crippen molar-refractivity contribution in [2.24, 2.45) is 4.99 Å². The first-order chi connectivity index (χ1) is 13.9. The number of likely N-dealkylation sites (N-methyl/N-ethyl adjacent to an activating group) is 1. The zero-order valence-electron chi connectivity index (χ0n) is 16.5. The number of guanidine groups is 1. The molecular weight excluding hydrogens is 398 g/mol. The third-order valence-corrected chi connectivity index (χ3v) is 5.11. The van der Waals surface area contributed by atoms with E-state index in [-0.39, 0.29) is 13.2 Å². The minimum atomic E-state index is -0.877.